The van der Waals surface area contributed by atoms with Crippen LogP contribution in [-0.2, 0) is 15.3 Å². The highest BCUT2D eigenvalue weighted by atomic mass is 32.2. The molecule has 0 spiro atoms. The maximum atomic E-state index is 13.1. The van der Waals surface area contributed by atoms with Crippen LogP contribution in [0.25, 0.3) is 0 Å². The lowest BCUT2D eigenvalue weighted by molar-refractivity contribution is -0.145. The number of esters is 1. The molecular formula is C21H19FN2O2S2. The zero-order chi connectivity index (χ0) is 20.1. The van der Waals surface area contributed by atoms with Gasteiger partial charge in [-0.05, 0) is 43.0 Å². The van der Waals surface area contributed by atoms with Crippen LogP contribution in [0.5, 0.6) is 0 Å². The number of ether oxygens (including phenoxy) is 1. The molecule has 3 rings (SSSR count). The lowest BCUT2D eigenvalue weighted by Crippen LogP contribution is -2.33. The van der Waals surface area contributed by atoms with Crippen molar-refractivity contribution in [3.8, 4) is 6.07 Å². The van der Waals surface area contributed by atoms with Crippen LogP contribution in [0.2, 0.25) is 0 Å². The van der Waals surface area contributed by atoms with Crippen LogP contribution in [0.15, 0.2) is 57.4 Å². The zero-order valence-corrected chi connectivity index (χ0v) is 17.1. The van der Waals surface area contributed by atoms with Gasteiger partial charge in [-0.3, -0.25) is 4.79 Å². The molecule has 0 bridgehead atoms. The number of allylic oxidation sites excluding steroid dienone is 1. The van der Waals surface area contributed by atoms with Gasteiger partial charge in [0.2, 0.25) is 0 Å². The summed E-state index contributed by atoms with van der Waals surface area (Å²) in [5.74, 6) is -1.11. The van der Waals surface area contributed by atoms with Crippen LogP contribution in [0.1, 0.15) is 30.2 Å². The number of nitrogens with zero attached hydrogens (tertiary/aromatic N) is 2. The van der Waals surface area contributed by atoms with Crippen molar-refractivity contribution in [2.75, 3.05) is 6.61 Å². The van der Waals surface area contributed by atoms with Crippen LogP contribution in [0.3, 0.4) is 0 Å². The zero-order valence-electron chi connectivity index (χ0n) is 15.5. The summed E-state index contributed by atoms with van der Waals surface area (Å²) in [5, 5.41) is 12.4. The molecule has 1 aliphatic rings. The van der Waals surface area contributed by atoms with Gasteiger partial charge in [0.15, 0.2) is 0 Å². The molecule has 0 radical (unpaired) electrons. The minimum absolute atomic E-state index is 0.275. The molecule has 0 saturated heterocycles. The van der Waals surface area contributed by atoms with E-state index >= 15 is 0 Å². The van der Waals surface area contributed by atoms with Gasteiger partial charge in [-0.15, -0.1) is 23.1 Å². The summed E-state index contributed by atoms with van der Waals surface area (Å²) in [6, 6.07) is 12.4. The molecule has 7 heteroatoms. The van der Waals surface area contributed by atoms with Gasteiger partial charge in [-0.2, -0.15) is 5.26 Å². The van der Waals surface area contributed by atoms with Gasteiger partial charge in [0, 0.05) is 22.3 Å². The average molecular weight is 415 g/mol. The van der Waals surface area contributed by atoms with Gasteiger partial charge < -0.3 is 4.74 Å². The number of aliphatic imine (C=N–C) groups is 1. The SMILES string of the molecule is CCOC(=O)C1C(C)=NC(SCc2ccc(F)cc2)=C(C#N)[C@@H]1c1cccs1. The van der Waals surface area contributed by atoms with E-state index in [-0.39, 0.29) is 18.4 Å². The number of rotatable bonds is 6. The molecule has 2 atom stereocenters. The summed E-state index contributed by atoms with van der Waals surface area (Å²) in [4.78, 5) is 18.1. The van der Waals surface area contributed by atoms with Gasteiger partial charge in [-0.1, -0.05) is 18.2 Å². The molecule has 0 aliphatic carbocycles. The van der Waals surface area contributed by atoms with E-state index in [1.165, 1.54) is 35.2 Å². The Morgan fingerprint density at radius 1 is 1.36 bits per heavy atom. The van der Waals surface area contributed by atoms with Crippen LogP contribution in [-0.4, -0.2) is 18.3 Å². The lowest BCUT2D eigenvalue weighted by Gasteiger charge is -2.29. The van der Waals surface area contributed by atoms with Gasteiger partial charge in [0.25, 0.3) is 0 Å². The van der Waals surface area contributed by atoms with Crippen molar-refractivity contribution in [1.29, 1.82) is 5.26 Å². The largest absolute Gasteiger partial charge is 0.465 e. The fourth-order valence-electron chi connectivity index (χ4n) is 3.10. The van der Waals surface area contributed by atoms with Gasteiger partial charge >= 0.3 is 5.97 Å². The number of nitriles is 1. The van der Waals surface area contributed by atoms with Gasteiger partial charge in [0.1, 0.15) is 16.8 Å². The van der Waals surface area contributed by atoms with E-state index < -0.39 is 11.8 Å². The summed E-state index contributed by atoms with van der Waals surface area (Å²) in [7, 11) is 0. The molecule has 4 nitrogen and oxygen atoms in total. The predicted molar refractivity (Wildman–Crippen MR) is 111 cm³/mol. The predicted octanol–water partition coefficient (Wildman–Crippen LogP) is 5.29. The second-order valence-electron chi connectivity index (χ2n) is 6.22. The van der Waals surface area contributed by atoms with Crippen molar-refractivity contribution in [3.63, 3.8) is 0 Å². The summed E-state index contributed by atoms with van der Waals surface area (Å²) in [5.41, 5.74) is 2.04. The molecule has 1 unspecified atom stereocenters. The highest BCUT2D eigenvalue weighted by Crippen LogP contribution is 2.44. The summed E-state index contributed by atoms with van der Waals surface area (Å²) < 4.78 is 18.4. The molecular weight excluding hydrogens is 395 g/mol. The summed E-state index contributed by atoms with van der Waals surface area (Å²) >= 11 is 2.93. The minimum atomic E-state index is -0.608. The Morgan fingerprint density at radius 2 is 2.11 bits per heavy atom. The molecule has 1 aromatic heterocycles. The number of hydrogen-bond donors (Lipinski definition) is 0. The summed E-state index contributed by atoms with van der Waals surface area (Å²) in [6.07, 6.45) is 0. The monoisotopic (exact) mass is 414 g/mol. The molecule has 144 valence electrons. The van der Waals surface area contributed by atoms with Crippen molar-refractivity contribution in [3.05, 3.63) is 68.6 Å². The Hall–Kier alpha value is -2.43. The third-order valence-corrected chi connectivity index (χ3v) is 6.42. The Bertz CT molecular complexity index is 944. The molecule has 2 aromatic rings. The molecule has 0 fully saturated rings. The Kier molecular flexibility index (Phi) is 6.65. The van der Waals surface area contributed by atoms with Gasteiger partial charge in [-0.25, -0.2) is 9.38 Å². The third-order valence-electron chi connectivity index (χ3n) is 4.40. The number of hydrogen-bond acceptors (Lipinski definition) is 6. The van der Waals surface area contributed by atoms with Crippen molar-refractivity contribution < 1.29 is 13.9 Å². The maximum absolute atomic E-state index is 13.1. The Labute approximate surface area is 171 Å². The van der Waals surface area contributed by atoms with Crippen molar-refractivity contribution in [2.45, 2.75) is 25.5 Å². The fraction of sp³-hybridized carbons (Fsp3) is 0.286. The fourth-order valence-corrected chi connectivity index (χ4v) is 5.01. The van der Waals surface area contributed by atoms with E-state index in [1.54, 1.807) is 26.0 Å². The van der Waals surface area contributed by atoms with Crippen LogP contribution in [0.4, 0.5) is 4.39 Å². The second-order valence-corrected chi connectivity index (χ2v) is 8.17. The van der Waals surface area contributed by atoms with E-state index in [9.17, 15) is 14.4 Å². The number of thioether (sulfide) groups is 1. The number of thiophene rings is 1. The quantitative estimate of drug-likeness (QED) is 0.602. The van der Waals surface area contributed by atoms with Crippen molar-refractivity contribution in [1.82, 2.24) is 0 Å². The highest BCUT2D eigenvalue weighted by Gasteiger charge is 2.40. The first-order valence-electron chi connectivity index (χ1n) is 8.81. The molecule has 1 aromatic carbocycles. The van der Waals surface area contributed by atoms with Crippen molar-refractivity contribution >= 4 is 34.8 Å². The minimum Gasteiger partial charge on any atom is -0.465 e. The van der Waals surface area contributed by atoms with E-state index in [4.69, 9.17) is 4.74 Å². The molecule has 0 N–H and O–H groups in total. The maximum Gasteiger partial charge on any atom is 0.315 e. The molecule has 1 aliphatic heterocycles. The van der Waals surface area contributed by atoms with Crippen LogP contribution < -0.4 is 0 Å². The summed E-state index contributed by atoms with van der Waals surface area (Å²) in [6.45, 7) is 3.84. The average Bonchev–Trinajstić information content (AvgIpc) is 3.21. The molecule has 0 amide bonds. The van der Waals surface area contributed by atoms with Crippen LogP contribution in [0, 0.1) is 23.1 Å². The Morgan fingerprint density at radius 3 is 2.71 bits per heavy atom. The molecule has 0 saturated carbocycles. The number of carbonyl (C=O) groups excluding carboxylic acids is 1. The molecule has 28 heavy (non-hydrogen) atoms. The number of halogens is 1. The first-order valence-corrected chi connectivity index (χ1v) is 10.7. The number of benzene rings is 1. The van der Waals surface area contributed by atoms with E-state index in [0.717, 1.165) is 10.4 Å². The molecule has 2 heterocycles. The standard InChI is InChI=1S/C21H19FN2O2S2/c1-3-26-21(25)18-13(2)24-20(28-12-14-6-8-15(22)9-7-14)16(11-23)19(18)17-5-4-10-27-17/h4-10,18-19H,3,12H2,1-2H3/t18?,19-/m1/s1. The smallest absolute Gasteiger partial charge is 0.315 e. The van der Waals surface area contributed by atoms with E-state index in [2.05, 4.69) is 11.1 Å². The first kappa shape index (κ1) is 20.3. The lowest BCUT2D eigenvalue weighted by atomic mass is 9.81. The Balaban J connectivity index is 1.96. The highest BCUT2D eigenvalue weighted by molar-refractivity contribution is 8.02. The van der Waals surface area contributed by atoms with E-state index in [1.807, 2.05) is 17.5 Å². The van der Waals surface area contributed by atoms with Crippen molar-refractivity contribution in [2.24, 2.45) is 10.9 Å². The van der Waals surface area contributed by atoms with Crippen LogP contribution >= 0.6 is 23.1 Å². The second kappa shape index (κ2) is 9.18. The van der Waals surface area contributed by atoms with E-state index in [0.29, 0.717) is 22.1 Å². The first-order chi connectivity index (χ1) is 13.5. The number of carbonyl (C=O) groups is 1. The third kappa shape index (κ3) is 4.34. The topological polar surface area (TPSA) is 62.4 Å². The normalized spacial score (nSPS) is 19.1. The van der Waals surface area contributed by atoms with Gasteiger partial charge in [0.05, 0.1) is 18.2 Å².